The number of ether oxygens (including phenoxy) is 1. The van der Waals surface area contributed by atoms with Gasteiger partial charge in [0.15, 0.2) is 0 Å². The lowest BCUT2D eigenvalue weighted by atomic mass is 10.2. The summed E-state index contributed by atoms with van der Waals surface area (Å²) in [6, 6.07) is 5.62. The van der Waals surface area contributed by atoms with Crippen molar-refractivity contribution in [2.24, 2.45) is 0 Å². The van der Waals surface area contributed by atoms with Gasteiger partial charge < -0.3 is 20.5 Å². The Kier molecular flexibility index (Phi) is 3.18. The molecule has 0 spiro atoms. The van der Waals surface area contributed by atoms with Gasteiger partial charge in [-0.15, -0.1) is 0 Å². The molecule has 2 heterocycles. The second-order valence-corrected chi connectivity index (χ2v) is 4.60. The first-order chi connectivity index (χ1) is 9.28. The number of morpholine rings is 1. The molecule has 1 aliphatic heterocycles. The molecule has 0 radical (unpaired) electrons. The normalized spacial score (nSPS) is 19.8. The molecule has 1 aliphatic rings. The van der Waals surface area contributed by atoms with Crippen LogP contribution in [0.4, 0.5) is 11.5 Å². The number of rotatable bonds is 2. The second-order valence-electron chi connectivity index (χ2n) is 4.60. The summed E-state index contributed by atoms with van der Waals surface area (Å²) in [6.07, 6.45) is 1.38. The molecule has 6 nitrogen and oxygen atoms in total. The van der Waals surface area contributed by atoms with E-state index >= 15 is 0 Å². The van der Waals surface area contributed by atoms with Gasteiger partial charge >= 0.3 is 0 Å². The van der Waals surface area contributed by atoms with Crippen molar-refractivity contribution in [1.29, 1.82) is 0 Å². The van der Waals surface area contributed by atoms with E-state index in [1.165, 1.54) is 0 Å². The summed E-state index contributed by atoms with van der Waals surface area (Å²) in [7, 11) is 0. The maximum absolute atomic E-state index is 9.20. The highest BCUT2D eigenvalue weighted by molar-refractivity contribution is 5.91. The molecule has 100 valence electrons. The molecule has 1 fully saturated rings. The molecule has 1 aromatic carbocycles. The van der Waals surface area contributed by atoms with E-state index in [9.17, 15) is 5.11 Å². The molecular formula is C13H16N4O2. The van der Waals surface area contributed by atoms with Gasteiger partial charge in [0.2, 0.25) is 0 Å². The van der Waals surface area contributed by atoms with Crippen molar-refractivity contribution in [3.8, 4) is 0 Å². The van der Waals surface area contributed by atoms with Crippen LogP contribution in [0.5, 0.6) is 0 Å². The number of hydrogen-bond donors (Lipinski definition) is 2. The maximum atomic E-state index is 9.20. The van der Waals surface area contributed by atoms with Crippen molar-refractivity contribution in [3.63, 3.8) is 0 Å². The Labute approximate surface area is 110 Å². The van der Waals surface area contributed by atoms with Crippen LogP contribution in [-0.2, 0) is 4.74 Å². The number of aliphatic hydroxyl groups is 1. The van der Waals surface area contributed by atoms with Gasteiger partial charge in [-0.2, -0.15) is 0 Å². The largest absolute Gasteiger partial charge is 0.399 e. The number of nitrogens with zero attached hydrogens (tertiary/aromatic N) is 3. The molecule has 0 amide bonds. The number of benzene rings is 1. The summed E-state index contributed by atoms with van der Waals surface area (Å²) in [4.78, 5) is 10.7. The van der Waals surface area contributed by atoms with E-state index in [1.54, 1.807) is 6.33 Å². The summed E-state index contributed by atoms with van der Waals surface area (Å²) in [5.74, 6) is 0.867. The maximum Gasteiger partial charge on any atom is 0.140 e. The average Bonchev–Trinajstić information content (AvgIpc) is 2.46. The van der Waals surface area contributed by atoms with Gasteiger partial charge in [-0.25, -0.2) is 9.97 Å². The van der Waals surface area contributed by atoms with Crippen LogP contribution in [0, 0.1) is 0 Å². The van der Waals surface area contributed by atoms with Crippen LogP contribution in [0.25, 0.3) is 10.9 Å². The SMILES string of the molecule is Nc1ccc2c(N3CCOC(CO)C3)ncnc2c1. The minimum Gasteiger partial charge on any atom is -0.399 e. The fraction of sp³-hybridized carbons (Fsp3) is 0.385. The summed E-state index contributed by atoms with van der Waals surface area (Å²) >= 11 is 0. The van der Waals surface area contributed by atoms with Crippen LogP contribution in [-0.4, -0.2) is 47.5 Å². The van der Waals surface area contributed by atoms with Crippen molar-refractivity contribution < 1.29 is 9.84 Å². The Morgan fingerprint density at radius 1 is 1.42 bits per heavy atom. The smallest absolute Gasteiger partial charge is 0.140 e. The number of nitrogens with two attached hydrogens (primary N) is 1. The monoisotopic (exact) mass is 260 g/mol. The molecule has 0 aliphatic carbocycles. The summed E-state index contributed by atoms with van der Waals surface area (Å²) in [5, 5.41) is 10.2. The van der Waals surface area contributed by atoms with Crippen LogP contribution >= 0.6 is 0 Å². The Morgan fingerprint density at radius 2 is 2.32 bits per heavy atom. The number of anilines is 2. The quantitative estimate of drug-likeness (QED) is 0.761. The molecule has 19 heavy (non-hydrogen) atoms. The van der Waals surface area contributed by atoms with Crippen LogP contribution in [0.1, 0.15) is 0 Å². The Bertz CT molecular complexity index is 590. The summed E-state index contributed by atoms with van der Waals surface area (Å²) < 4.78 is 5.45. The first-order valence-corrected chi connectivity index (χ1v) is 6.25. The van der Waals surface area contributed by atoms with Gasteiger partial charge in [-0.3, -0.25) is 0 Å². The van der Waals surface area contributed by atoms with Crippen molar-refractivity contribution in [3.05, 3.63) is 24.5 Å². The van der Waals surface area contributed by atoms with Crippen molar-refractivity contribution in [2.45, 2.75) is 6.10 Å². The molecule has 3 N–H and O–H groups in total. The van der Waals surface area contributed by atoms with E-state index in [2.05, 4.69) is 14.9 Å². The lowest BCUT2D eigenvalue weighted by molar-refractivity contribution is 0.00343. The number of aromatic nitrogens is 2. The number of nitrogen functional groups attached to an aromatic ring is 1. The molecule has 1 saturated heterocycles. The molecular weight excluding hydrogens is 244 g/mol. The number of aliphatic hydroxyl groups excluding tert-OH is 1. The van der Waals surface area contributed by atoms with Gasteiger partial charge in [0.1, 0.15) is 12.1 Å². The molecule has 2 aromatic rings. The fourth-order valence-electron chi connectivity index (χ4n) is 2.33. The summed E-state index contributed by atoms with van der Waals surface area (Å²) in [6.45, 7) is 2.00. The van der Waals surface area contributed by atoms with E-state index in [1.807, 2.05) is 18.2 Å². The molecule has 1 atom stereocenters. The third-order valence-corrected chi connectivity index (χ3v) is 3.28. The van der Waals surface area contributed by atoms with E-state index in [0.717, 1.165) is 23.3 Å². The van der Waals surface area contributed by atoms with E-state index in [0.29, 0.717) is 18.8 Å². The van der Waals surface area contributed by atoms with Gasteiger partial charge in [0.05, 0.1) is 24.8 Å². The Balaban J connectivity index is 2.00. The average molecular weight is 260 g/mol. The highest BCUT2D eigenvalue weighted by Gasteiger charge is 2.22. The first-order valence-electron chi connectivity index (χ1n) is 6.25. The number of fused-ring (bicyclic) bond motifs is 1. The Morgan fingerprint density at radius 3 is 3.16 bits per heavy atom. The molecule has 1 aromatic heterocycles. The van der Waals surface area contributed by atoms with Crippen LogP contribution < -0.4 is 10.6 Å². The van der Waals surface area contributed by atoms with Crippen LogP contribution in [0.2, 0.25) is 0 Å². The topological polar surface area (TPSA) is 84.5 Å². The third kappa shape index (κ3) is 2.32. The van der Waals surface area contributed by atoms with E-state index in [4.69, 9.17) is 10.5 Å². The zero-order valence-electron chi connectivity index (χ0n) is 10.5. The zero-order chi connectivity index (χ0) is 13.2. The van der Waals surface area contributed by atoms with Crippen molar-refractivity contribution in [1.82, 2.24) is 9.97 Å². The summed E-state index contributed by atoms with van der Waals surface area (Å²) in [5.41, 5.74) is 7.29. The van der Waals surface area contributed by atoms with Crippen LogP contribution in [0.15, 0.2) is 24.5 Å². The number of hydrogen-bond acceptors (Lipinski definition) is 6. The highest BCUT2D eigenvalue weighted by Crippen LogP contribution is 2.25. The first kappa shape index (κ1) is 12.1. The molecule has 6 heteroatoms. The zero-order valence-corrected chi connectivity index (χ0v) is 10.5. The second kappa shape index (κ2) is 4.99. The molecule has 1 unspecified atom stereocenters. The van der Waals surface area contributed by atoms with Gasteiger partial charge in [0, 0.05) is 24.2 Å². The van der Waals surface area contributed by atoms with Crippen LogP contribution in [0.3, 0.4) is 0 Å². The third-order valence-electron chi connectivity index (χ3n) is 3.28. The van der Waals surface area contributed by atoms with E-state index < -0.39 is 0 Å². The fourth-order valence-corrected chi connectivity index (χ4v) is 2.33. The molecule has 0 saturated carbocycles. The standard InChI is InChI=1S/C13H16N4O2/c14-9-1-2-11-12(5-9)15-8-16-13(11)17-3-4-19-10(6-17)7-18/h1-2,5,8,10,18H,3-4,6-7,14H2. The molecule has 0 bridgehead atoms. The molecule has 3 rings (SSSR count). The lowest BCUT2D eigenvalue weighted by Crippen LogP contribution is -2.44. The minimum atomic E-state index is -0.160. The predicted molar refractivity (Wildman–Crippen MR) is 73.0 cm³/mol. The van der Waals surface area contributed by atoms with Crippen molar-refractivity contribution in [2.75, 3.05) is 36.9 Å². The van der Waals surface area contributed by atoms with Gasteiger partial charge in [-0.1, -0.05) is 0 Å². The Hall–Kier alpha value is -1.92. The van der Waals surface area contributed by atoms with E-state index in [-0.39, 0.29) is 12.7 Å². The highest BCUT2D eigenvalue weighted by atomic mass is 16.5. The van der Waals surface area contributed by atoms with Gasteiger partial charge in [0.25, 0.3) is 0 Å². The lowest BCUT2D eigenvalue weighted by Gasteiger charge is -2.33. The predicted octanol–water partition coefficient (Wildman–Crippen LogP) is 0.409. The minimum absolute atomic E-state index is 0.0203. The van der Waals surface area contributed by atoms with Crippen molar-refractivity contribution >= 4 is 22.4 Å². The van der Waals surface area contributed by atoms with Gasteiger partial charge in [-0.05, 0) is 18.2 Å².